The molecule has 2 heterocycles. The first kappa shape index (κ1) is 20.6. The van der Waals surface area contributed by atoms with Gasteiger partial charge in [0.25, 0.3) is 0 Å². The number of rotatable bonds is 4. The van der Waals surface area contributed by atoms with Crippen LogP contribution in [0.5, 0.6) is 0 Å². The van der Waals surface area contributed by atoms with Crippen LogP contribution >= 0.6 is 0 Å². The van der Waals surface area contributed by atoms with Crippen LogP contribution < -0.4 is 9.80 Å². The van der Waals surface area contributed by atoms with Crippen LogP contribution in [-0.4, -0.2) is 17.7 Å². The Labute approximate surface area is 198 Å². The summed E-state index contributed by atoms with van der Waals surface area (Å²) in [4.78, 5) is 43.8. The fourth-order valence-electron chi connectivity index (χ4n) is 5.88. The van der Waals surface area contributed by atoms with Crippen molar-refractivity contribution in [1.82, 2.24) is 0 Å². The highest BCUT2D eigenvalue weighted by Gasteiger charge is 2.60. The summed E-state index contributed by atoms with van der Waals surface area (Å²) < 4.78 is 0. The van der Waals surface area contributed by atoms with Crippen LogP contribution in [0.3, 0.4) is 0 Å². The molecule has 0 saturated carbocycles. The molecule has 0 unspecified atom stereocenters. The summed E-state index contributed by atoms with van der Waals surface area (Å²) in [6.07, 6.45) is 4.50. The van der Waals surface area contributed by atoms with Crippen LogP contribution in [0.1, 0.15) is 18.0 Å². The Morgan fingerprint density at radius 3 is 1.85 bits per heavy atom. The largest absolute Gasteiger partial charge is 0.304 e. The lowest BCUT2D eigenvalue weighted by Gasteiger charge is -2.51. The van der Waals surface area contributed by atoms with Crippen LogP contribution in [0.25, 0.3) is 0 Å². The quantitative estimate of drug-likeness (QED) is 0.328. The summed E-state index contributed by atoms with van der Waals surface area (Å²) >= 11 is 0. The van der Waals surface area contributed by atoms with Gasteiger partial charge in [-0.15, -0.1) is 0 Å². The summed E-state index contributed by atoms with van der Waals surface area (Å²) in [5.41, 5.74) is 2.47. The lowest BCUT2D eigenvalue weighted by atomic mass is 9.64. The molecule has 5 atom stereocenters. The normalized spacial score (nSPS) is 28.1. The van der Waals surface area contributed by atoms with Crippen molar-refractivity contribution in [2.75, 3.05) is 9.80 Å². The average molecular weight is 449 g/mol. The molecule has 0 radical (unpaired) electrons. The van der Waals surface area contributed by atoms with Crippen LogP contribution in [0.2, 0.25) is 0 Å². The smallest absolute Gasteiger partial charge is 0.238 e. The molecule has 0 aromatic heterocycles. The van der Waals surface area contributed by atoms with Gasteiger partial charge in [-0.05, 0) is 36.2 Å². The van der Waals surface area contributed by atoms with Gasteiger partial charge in [0.1, 0.15) is 0 Å². The third-order valence-electron chi connectivity index (χ3n) is 7.39. The van der Waals surface area contributed by atoms with E-state index in [2.05, 4.69) is 0 Å². The van der Waals surface area contributed by atoms with Gasteiger partial charge >= 0.3 is 0 Å². The first-order valence-corrected chi connectivity index (χ1v) is 11.7. The molecule has 1 aliphatic carbocycles. The van der Waals surface area contributed by atoms with Gasteiger partial charge in [-0.2, -0.15) is 0 Å². The van der Waals surface area contributed by atoms with Gasteiger partial charge in [0.15, 0.2) is 0 Å². The highest BCUT2D eigenvalue weighted by Crippen LogP contribution is 2.53. The van der Waals surface area contributed by atoms with Crippen molar-refractivity contribution in [3.05, 3.63) is 109 Å². The SMILES string of the molecule is O=C1[C@H]2[C@@H]([C@H]3C(=O)N(c4ccccc4)[C@@H]3c3ccccc3)C=CC[C@H]2C(=O)N1c1ccccc1. The number of imide groups is 1. The van der Waals surface area contributed by atoms with E-state index in [1.165, 1.54) is 4.90 Å². The van der Waals surface area contributed by atoms with Gasteiger partial charge in [0.05, 0.1) is 29.5 Å². The van der Waals surface area contributed by atoms with Crippen molar-refractivity contribution >= 4 is 29.1 Å². The van der Waals surface area contributed by atoms with Gasteiger partial charge < -0.3 is 4.90 Å². The number of β-lactam (4-membered cyclic amide) rings is 1. The molecule has 0 bridgehead atoms. The lowest BCUT2D eigenvalue weighted by molar-refractivity contribution is -0.135. The fourth-order valence-corrected chi connectivity index (χ4v) is 5.88. The van der Waals surface area contributed by atoms with Crippen molar-refractivity contribution in [3.63, 3.8) is 0 Å². The van der Waals surface area contributed by atoms with Gasteiger partial charge in [0, 0.05) is 11.6 Å². The molecule has 3 aromatic rings. The highest BCUT2D eigenvalue weighted by atomic mass is 16.2. The maximum absolute atomic E-state index is 13.7. The molecule has 0 spiro atoms. The number of benzene rings is 3. The zero-order valence-corrected chi connectivity index (χ0v) is 18.5. The second kappa shape index (κ2) is 8.10. The Balaban J connectivity index is 1.39. The van der Waals surface area contributed by atoms with E-state index < -0.39 is 17.8 Å². The van der Waals surface area contributed by atoms with E-state index in [0.29, 0.717) is 12.1 Å². The summed E-state index contributed by atoms with van der Waals surface area (Å²) in [5, 5.41) is 0. The molecule has 3 aromatic carbocycles. The first-order valence-electron chi connectivity index (χ1n) is 11.7. The molecule has 3 amide bonds. The number of carbonyl (C=O) groups is 3. The second-order valence-electron chi connectivity index (χ2n) is 9.15. The van der Waals surface area contributed by atoms with E-state index in [1.807, 2.05) is 95.9 Å². The maximum atomic E-state index is 13.7. The molecule has 0 N–H and O–H groups in total. The molecule has 3 aliphatic rings. The summed E-state index contributed by atoms with van der Waals surface area (Å²) in [5.74, 6) is -2.07. The van der Waals surface area contributed by atoms with Crippen LogP contribution in [0.15, 0.2) is 103 Å². The monoisotopic (exact) mass is 448 g/mol. The Bertz CT molecular complexity index is 1270. The van der Waals surface area contributed by atoms with Crippen molar-refractivity contribution in [2.45, 2.75) is 12.5 Å². The number of carbonyl (C=O) groups excluding carboxylic acids is 3. The summed E-state index contributed by atoms with van der Waals surface area (Å²) in [7, 11) is 0. The molecule has 5 nitrogen and oxygen atoms in total. The zero-order chi connectivity index (χ0) is 23.2. The van der Waals surface area contributed by atoms with Gasteiger partial charge in [0.2, 0.25) is 17.7 Å². The van der Waals surface area contributed by atoms with Crippen molar-refractivity contribution in [1.29, 1.82) is 0 Å². The molecule has 34 heavy (non-hydrogen) atoms. The average Bonchev–Trinajstić information content (AvgIpc) is 3.14. The number of amides is 3. The summed E-state index contributed by atoms with van der Waals surface area (Å²) in [6, 6.07) is 28.5. The standard InChI is InChI=1S/C29H24N2O3/c32-27-23-18-10-17-22(24(23)28(33)31(27)21-15-8-3-9-16-21)25-26(19-11-4-1-5-12-19)30(29(25)34)20-13-6-2-7-14-20/h1-17,22-26H,18H2/t22-,23+,24-,25+,26+/m0/s1. The molecule has 5 heteroatoms. The highest BCUT2D eigenvalue weighted by molar-refractivity contribution is 6.22. The van der Waals surface area contributed by atoms with Crippen molar-refractivity contribution in [3.8, 4) is 0 Å². The van der Waals surface area contributed by atoms with Gasteiger partial charge in [-0.1, -0.05) is 78.9 Å². The van der Waals surface area contributed by atoms with E-state index in [0.717, 1.165) is 11.3 Å². The molecule has 2 fully saturated rings. The van der Waals surface area contributed by atoms with Crippen molar-refractivity contribution < 1.29 is 14.4 Å². The molecular formula is C29H24N2O3. The topological polar surface area (TPSA) is 57.7 Å². The van der Waals surface area contributed by atoms with Gasteiger partial charge in [-0.3, -0.25) is 19.3 Å². The minimum absolute atomic E-state index is 0.00577. The Morgan fingerprint density at radius 1 is 0.618 bits per heavy atom. The number of fused-ring (bicyclic) bond motifs is 1. The third kappa shape index (κ3) is 3.04. The zero-order valence-electron chi connectivity index (χ0n) is 18.5. The number of nitrogens with zero attached hydrogens (tertiary/aromatic N) is 2. The lowest BCUT2D eigenvalue weighted by Crippen LogP contribution is -2.59. The number of allylic oxidation sites excluding steroid dienone is 2. The Morgan fingerprint density at radius 2 is 1.21 bits per heavy atom. The van der Waals surface area contributed by atoms with E-state index in [9.17, 15) is 14.4 Å². The Hall–Kier alpha value is -3.99. The molecular weight excluding hydrogens is 424 g/mol. The first-order chi connectivity index (χ1) is 16.7. The van der Waals surface area contributed by atoms with E-state index in [4.69, 9.17) is 0 Å². The summed E-state index contributed by atoms with van der Waals surface area (Å²) in [6.45, 7) is 0. The number of hydrogen-bond donors (Lipinski definition) is 0. The predicted molar refractivity (Wildman–Crippen MR) is 130 cm³/mol. The van der Waals surface area contributed by atoms with Crippen LogP contribution in [0.4, 0.5) is 11.4 Å². The number of hydrogen-bond acceptors (Lipinski definition) is 3. The van der Waals surface area contributed by atoms with Crippen molar-refractivity contribution in [2.24, 2.45) is 23.7 Å². The third-order valence-corrected chi connectivity index (χ3v) is 7.39. The Kier molecular flexibility index (Phi) is 4.91. The van der Waals surface area contributed by atoms with E-state index >= 15 is 0 Å². The minimum atomic E-state index is -0.532. The van der Waals surface area contributed by atoms with E-state index in [-0.39, 0.29) is 29.7 Å². The molecule has 2 saturated heterocycles. The van der Waals surface area contributed by atoms with E-state index in [1.54, 1.807) is 12.1 Å². The molecule has 168 valence electrons. The van der Waals surface area contributed by atoms with Gasteiger partial charge in [-0.25, -0.2) is 0 Å². The minimum Gasteiger partial charge on any atom is -0.304 e. The molecule has 2 aliphatic heterocycles. The number of para-hydroxylation sites is 2. The van der Waals surface area contributed by atoms with Crippen LogP contribution in [0, 0.1) is 23.7 Å². The maximum Gasteiger partial charge on any atom is 0.238 e. The second-order valence-corrected chi connectivity index (χ2v) is 9.15. The fraction of sp³-hybridized carbons (Fsp3) is 0.207. The predicted octanol–water partition coefficient (Wildman–Crippen LogP) is 4.77. The van der Waals surface area contributed by atoms with Crippen LogP contribution in [-0.2, 0) is 14.4 Å². The molecule has 6 rings (SSSR count). The number of anilines is 2.